The molecular weight excluding hydrogens is 418 g/mol. The number of nitrogens with one attached hydrogen (secondary N) is 1. The quantitative estimate of drug-likeness (QED) is 0.769. The van der Waals surface area contributed by atoms with Crippen molar-refractivity contribution in [2.45, 2.75) is 83.1 Å². The number of benzene rings is 1. The summed E-state index contributed by atoms with van der Waals surface area (Å²) in [5, 5.41) is 3.30. The van der Waals surface area contributed by atoms with Crippen LogP contribution in [0.25, 0.3) is 11.1 Å². The molecule has 8 nitrogen and oxygen atoms in total. The Balaban J connectivity index is 1.36. The van der Waals surface area contributed by atoms with Gasteiger partial charge in [0.2, 0.25) is 5.91 Å². The number of para-hydroxylation sites is 1. The van der Waals surface area contributed by atoms with Crippen LogP contribution in [-0.4, -0.2) is 76.9 Å². The van der Waals surface area contributed by atoms with Crippen LogP contribution in [0.15, 0.2) is 22.6 Å². The Morgan fingerprint density at radius 3 is 2.39 bits per heavy atom. The van der Waals surface area contributed by atoms with Gasteiger partial charge in [0.1, 0.15) is 5.52 Å². The van der Waals surface area contributed by atoms with E-state index in [0.717, 1.165) is 12.8 Å². The molecule has 3 saturated heterocycles. The highest BCUT2D eigenvalue weighted by atomic mass is 16.4. The van der Waals surface area contributed by atoms with Crippen molar-refractivity contribution in [1.82, 2.24) is 20.1 Å². The lowest BCUT2D eigenvalue weighted by Gasteiger charge is -2.47. The van der Waals surface area contributed by atoms with Gasteiger partial charge in [0, 0.05) is 50.2 Å². The molecule has 5 rings (SSSR count). The first-order valence-corrected chi connectivity index (χ1v) is 12.3. The van der Waals surface area contributed by atoms with Gasteiger partial charge in [0.15, 0.2) is 5.58 Å². The molecule has 2 aromatic rings. The monoisotopic (exact) mass is 453 g/mol. The summed E-state index contributed by atoms with van der Waals surface area (Å²) < 4.78 is 6.12. The van der Waals surface area contributed by atoms with E-state index >= 15 is 0 Å². The molecule has 0 saturated carbocycles. The van der Waals surface area contributed by atoms with E-state index in [2.05, 4.69) is 36.0 Å². The van der Waals surface area contributed by atoms with Gasteiger partial charge >= 0.3 is 0 Å². The van der Waals surface area contributed by atoms with E-state index in [1.165, 1.54) is 19.3 Å². The number of amides is 2. The molecular formula is C25H35N5O3. The zero-order valence-corrected chi connectivity index (χ0v) is 20.1. The lowest BCUT2D eigenvalue weighted by Crippen LogP contribution is -2.58. The molecule has 4 unspecified atom stereocenters. The molecule has 0 radical (unpaired) electrons. The minimum atomic E-state index is -0.0735. The molecule has 2 bridgehead atoms. The second kappa shape index (κ2) is 8.63. The van der Waals surface area contributed by atoms with E-state index in [9.17, 15) is 9.59 Å². The maximum Gasteiger partial charge on any atom is 0.299 e. The van der Waals surface area contributed by atoms with Crippen LogP contribution in [0.4, 0.5) is 6.01 Å². The summed E-state index contributed by atoms with van der Waals surface area (Å²) in [7, 11) is 2.22. The van der Waals surface area contributed by atoms with Crippen LogP contribution in [0.5, 0.6) is 0 Å². The Hall–Kier alpha value is -2.61. The summed E-state index contributed by atoms with van der Waals surface area (Å²) in [5.74, 6) is 0.0125. The Morgan fingerprint density at radius 1 is 1.09 bits per heavy atom. The smallest absolute Gasteiger partial charge is 0.299 e. The predicted molar refractivity (Wildman–Crippen MR) is 127 cm³/mol. The van der Waals surface area contributed by atoms with Crippen LogP contribution in [0.3, 0.4) is 0 Å². The van der Waals surface area contributed by atoms with Gasteiger partial charge in [0.25, 0.3) is 11.9 Å². The summed E-state index contributed by atoms with van der Waals surface area (Å²) in [4.78, 5) is 36.4. The van der Waals surface area contributed by atoms with E-state index in [4.69, 9.17) is 9.40 Å². The maximum absolute atomic E-state index is 13.3. The number of rotatable bonds is 3. The van der Waals surface area contributed by atoms with Crippen LogP contribution in [0, 0.1) is 0 Å². The fourth-order valence-corrected chi connectivity index (χ4v) is 6.18. The molecule has 33 heavy (non-hydrogen) atoms. The van der Waals surface area contributed by atoms with Gasteiger partial charge < -0.3 is 24.4 Å². The maximum atomic E-state index is 13.3. The first kappa shape index (κ1) is 22.2. The standard InChI is InChI=1S/C25H35N5O3/c1-15-13-29(17(3)31)14-16(2)30(15)25-27-23-21(9-6-10-22(23)33-25)24(32)26-18-11-19-7-5-8-20(12-18)28(19)4/h6,9-10,15-16,18-20H,5,7-8,11-14H2,1-4H3,(H,26,32). The number of piperazine rings is 1. The fourth-order valence-electron chi connectivity index (χ4n) is 6.18. The van der Waals surface area contributed by atoms with Crippen LogP contribution >= 0.6 is 0 Å². The number of carbonyl (C=O) groups excluding carboxylic acids is 2. The summed E-state index contributed by atoms with van der Waals surface area (Å²) in [6.45, 7) is 7.02. The number of aromatic nitrogens is 1. The van der Waals surface area contributed by atoms with Crippen molar-refractivity contribution < 1.29 is 14.0 Å². The molecule has 4 heterocycles. The molecule has 3 aliphatic rings. The van der Waals surface area contributed by atoms with E-state index < -0.39 is 0 Å². The van der Waals surface area contributed by atoms with Crippen molar-refractivity contribution in [2.24, 2.45) is 0 Å². The van der Waals surface area contributed by atoms with Gasteiger partial charge in [-0.1, -0.05) is 12.5 Å². The highest BCUT2D eigenvalue weighted by Crippen LogP contribution is 2.33. The Labute approximate surface area is 195 Å². The average molecular weight is 454 g/mol. The second-order valence-electron chi connectivity index (χ2n) is 10.2. The van der Waals surface area contributed by atoms with Crippen LogP contribution in [0.1, 0.15) is 63.2 Å². The number of fused-ring (bicyclic) bond motifs is 3. The van der Waals surface area contributed by atoms with Crippen molar-refractivity contribution in [2.75, 3.05) is 25.0 Å². The summed E-state index contributed by atoms with van der Waals surface area (Å²) >= 11 is 0. The number of piperidine rings is 2. The van der Waals surface area contributed by atoms with Gasteiger partial charge in [0.05, 0.1) is 5.56 Å². The molecule has 8 heteroatoms. The van der Waals surface area contributed by atoms with Crippen LogP contribution in [-0.2, 0) is 4.79 Å². The molecule has 3 aliphatic heterocycles. The van der Waals surface area contributed by atoms with Gasteiger partial charge in [-0.25, -0.2) is 0 Å². The SMILES string of the molecule is CC(=O)N1CC(C)N(c2nc3c(C(=O)NC4CC5CCCC(C4)N5C)cccc3o2)C(C)C1. The van der Waals surface area contributed by atoms with Gasteiger partial charge in [-0.05, 0) is 58.7 Å². The van der Waals surface area contributed by atoms with Gasteiger partial charge in [-0.2, -0.15) is 4.98 Å². The molecule has 1 aromatic carbocycles. The zero-order valence-electron chi connectivity index (χ0n) is 20.1. The highest BCUT2D eigenvalue weighted by Gasteiger charge is 2.37. The van der Waals surface area contributed by atoms with Crippen molar-refractivity contribution in [3.63, 3.8) is 0 Å². The molecule has 0 spiro atoms. The number of hydrogen-bond acceptors (Lipinski definition) is 6. The lowest BCUT2D eigenvalue weighted by molar-refractivity contribution is -0.130. The highest BCUT2D eigenvalue weighted by molar-refractivity contribution is 6.04. The Bertz CT molecular complexity index is 1030. The molecule has 0 aliphatic carbocycles. The number of nitrogens with zero attached hydrogens (tertiary/aromatic N) is 4. The zero-order chi connectivity index (χ0) is 23.3. The lowest BCUT2D eigenvalue weighted by atomic mass is 9.82. The molecule has 178 valence electrons. The number of hydrogen-bond donors (Lipinski definition) is 1. The molecule has 1 aromatic heterocycles. The average Bonchev–Trinajstić information content (AvgIpc) is 3.17. The second-order valence-corrected chi connectivity index (χ2v) is 10.2. The Kier molecular flexibility index (Phi) is 5.80. The van der Waals surface area contributed by atoms with E-state index in [1.54, 1.807) is 6.92 Å². The van der Waals surface area contributed by atoms with Crippen LogP contribution in [0.2, 0.25) is 0 Å². The van der Waals surface area contributed by atoms with Crippen molar-refractivity contribution in [3.05, 3.63) is 23.8 Å². The molecule has 1 N–H and O–H groups in total. The minimum Gasteiger partial charge on any atom is -0.423 e. The predicted octanol–water partition coefficient (Wildman–Crippen LogP) is 3.02. The summed E-state index contributed by atoms with van der Waals surface area (Å²) in [5.41, 5.74) is 1.78. The first-order chi connectivity index (χ1) is 15.8. The fraction of sp³-hybridized carbons (Fsp3) is 0.640. The summed E-state index contributed by atoms with van der Waals surface area (Å²) in [6.07, 6.45) is 5.74. The van der Waals surface area contributed by atoms with E-state index in [-0.39, 0.29) is 29.9 Å². The number of oxazole rings is 1. The minimum absolute atomic E-state index is 0.0710. The number of anilines is 1. The third-order valence-corrected chi connectivity index (χ3v) is 7.91. The van der Waals surface area contributed by atoms with E-state index in [1.807, 2.05) is 23.1 Å². The van der Waals surface area contributed by atoms with Crippen molar-refractivity contribution >= 4 is 28.9 Å². The largest absolute Gasteiger partial charge is 0.423 e. The third kappa shape index (κ3) is 4.09. The van der Waals surface area contributed by atoms with Gasteiger partial charge in [-0.3, -0.25) is 9.59 Å². The van der Waals surface area contributed by atoms with Crippen molar-refractivity contribution in [3.8, 4) is 0 Å². The topological polar surface area (TPSA) is 81.9 Å². The summed E-state index contributed by atoms with van der Waals surface area (Å²) in [6, 6.07) is 7.54. The third-order valence-electron chi connectivity index (χ3n) is 7.91. The van der Waals surface area contributed by atoms with E-state index in [0.29, 0.717) is 47.9 Å². The normalized spacial score (nSPS) is 30.5. The molecule has 4 atom stereocenters. The van der Waals surface area contributed by atoms with Crippen molar-refractivity contribution in [1.29, 1.82) is 0 Å². The van der Waals surface area contributed by atoms with Gasteiger partial charge in [-0.15, -0.1) is 0 Å². The van der Waals surface area contributed by atoms with Crippen LogP contribution < -0.4 is 10.2 Å². The number of carbonyl (C=O) groups is 2. The molecule has 3 fully saturated rings. The Morgan fingerprint density at radius 2 is 1.76 bits per heavy atom. The molecule has 2 amide bonds. The first-order valence-electron chi connectivity index (χ1n) is 12.3.